The number of rotatable bonds is 5. The Morgan fingerprint density at radius 1 is 1.26 bits per heavy atom. The number of urea groups is 1. The van der Waals surface area contributed by atoms with Crippen LogP contribution in [0.4, 0.5) is 4.79 Å². The molecule has 2 aromatic rings. The molecule has 1 aromatic carbocycles. The van der Waals surface area contributed by atoms with E-state index in [9.17, 15) is 14.7 Å². The van der Waals surface area contributed by atoms with Crippen LogP contribution in [0, 0.1) is 11.8 Å². The summed E-state index contributed by atoms with van der Waals surface area (Å²) in [7, 11) is 1.62. The van der Waals surface area contributed by atoms with Gasteiger partial charge >= 0.3 is 12.0 Å². The van der Waals surface area contributed by atoms with Crippen molar-refractivity contribution in [2.24, 2.45) is 11.8 Å². The minimum atomic E-state index is -0.849. The van der Waals surface area contributed by atoms with E-state index < -0.39 is 11.9 Å². The minimum absolute atomic E-state index is 0.167. The van der Waals surface area contributed by atoms with Gasteiger partial charge in [0, 0.05) is 19.3 Å². The maximum absolute atomic E-state index is 12.4. The van der Waals surface area contributed by atoms with Crippen LogP contribution < -0.4 is 10.1 Å². The molecule has 1 aromatic heterocycles. The lowest BCUT2D eigenvalue weighted by Crippen LogP contribution is -2.49. The molecule has 3 rings (SSSR count). The van der Waals surface area contributed by atoms with E-state index in [4.69, 9.17) is 4.74 Å². The number of methoxy groups -OCH3 is 1. The van der Waals surface area contributed by atoms with Crippen LogP contribution in [0.5, 0.6) is 5.75 Å². The first-order chi connectivity index (χ1) is 13.0. The number of aliphatic carboxylic acids is 1. The molecule has 1 saturated heterocycles. The Labute approximate surface area is 157 Å². The van der Waals surface area contributed by atoms with E-state index in [1.165, 1.54) is 0 Å². The number of carboxylic acid groups (broad SMARTS) is 1. The third-order valence-corrected chi connectivity index (χ3v) is 4.70. The van der Waals surface area contributed by atoms with Gasteiger partial charge in [-0.3, -0.25) is 4.79 Å². The van der Waals surface area contributed by atoms with Gasteiger partial charge in [0.1, 0.15) is 5.75 Å². The van der Waals surface area contributed by atoms with Gasteiger partial charge in [-0.25, -0.2) is 9.48 Å². The van der Waals surface area contributed by atoms with Crippen molar-refractivity contribution in [1.82, 2.24) is 20.0 Å². The van der Waals surface area contributed by atoms with E-state index in [1.807, 2.05) is 43.5 Å². The maximum atomic E-state index is 12.4. The van der Waals surface area contributed by atoms with Crippen molar-refractivity contribution >= 4 is 12.0 Å². The monoisotopic (exact) mass is 372 g/mol. The highest BCUT2D eigenvalue weighted by Crippen LogP contribution is 2.22. The first kappa shape index (κ1) is 18.8. The summed E-state index contributed by atoms with van der Waals surface area (Å²) in [5.74, 6) is -0.417. The Morgan fingerprint density at radius 3 is 2.67 bits per heavy atom. The van der Waals surface area contributed by atoms with Crippen LogP contribution in [0.3, 0.4) is 0 Å². The fraction of sp³-hybridized carbons (Fsp3) is 0.421. The van der Waals surface area contributed by atoms with Crippen LogP contribution in [-0.4, -0.2) is 52.0 Å². The van der Waals surface area contributed by atoms with Gasteiger partial charge in [0.2, 0.25) is 0 Å². The van der Waals surface area contributed by atoms with E-state index in [0.29, 0.717) is 13.0 Å². The van der Waals surface area contributed by atoms with Crippen molar-refractivity contribution in [3.05, 3.63) is 42.2 Å². The van der Waals surface area contributed by atoms with Gasteiger partial charge in [0.05, 0.1) is 31.0 Å². The van der Waals surface area contributed by atoms with Crippen molar-refractivity contribution in [2.45, 2.75) is 19.9 Å². The molecular weight excluding hydrogens is 348 g/mol. The number of nitrogens with zero attached hydrogens (tertiary/aromatic N) is 3. The normalized spacial score (nSPS) is 19.6. The maximum Gasteiger partial charge on any atom is 0.317 e. The van der Waals surface area contributed by atoms with Crippen molar-refractivity contribution in [3.8, 4) is 11.4 Å². The summed E-state index contributed by atoms with van der Waals surface area (Å²) in [6.45, 7) is 3.05. The molecule has 1 aliphatic heterocycles. The molecule has 0 saturated carbocycles. The molecule has 2 unspecified atom stereocenters. The molecule has 144 valence electrons. The number of nitrogens with one attached hydrogen (secondary N) is 1. The molecular formula is C19H24N4O4. The molecule has 0 aliphatic carbocycles. The highest BCUT2D eigenvalue weighted by Gasteiger charge is 2.31. The molecule has 8 heteroatoms. The molecule has 1 fully saturated rings. The van der Waals surface area contributed by atoms with Gasteiger partial charge in [-0.05, 0) is 42.7 Å². The smallest absolute Gasteiger partial charge is 0.317 e. The third kappa shape index (κ3) is 4.58. The summed E-state index contributed by atoms with van der Waals surface area (Å²) < 4.78 is 6.87. The molecule has 0 spiro atoms. The van der Waals surface area contributed by atoms with Crippen molar-refractivity contribution < 1.29 is 19.4 Å². The lowest BCUT2D eigenvalue weighted by Gasteiger charge is -2.34. The van der Waals surface area contributed by atoms with E-state index >= 15 is 0 Å². The zero-order valence-corrected chi connectivity index (χ0v) is 15.5. The second kappa shape index (κ2) is 8.11. The van der Waals surface area contributed by atoms with E-state index in [0.717, 1.165) is 17.1 Å². The fourth-order valence-electron chi connectivity index (χ4n) is 3.31. The standard InChI is InChI=1S/C19H24N4O4/c1-13-9-14(18(24)25)12-22(11-13)19(26)20-10-15-7-8-23(21-15)16-3-5-17(27-2)6-4-16/h3-8,13-14H,9-12H2,1-2H3,(H,20,26)(H,24,25). The predicted molar refractivity (Wildman–Crippen MR) is 98.8 cm³/mol. The number of benzene rings is 1. The summed E-state index contributed by atoms with van der Waals surface area (Å²) in [6.07, 6.45) is 2.43. The zero-order chi connectivity index (χ0) is 19.4. The summed E-state index contributed by atoms with van der Waals surface area (Å²) in [6, 6.07) is 9.09. The predicted octanol–water partition coefficient (Wildman–Crippen LogP) is 2.13. The lowest BCUT2D eigenvalue weighted by atomic mass is 9.91. The quantitative estimate of drug-likeness (QED) is 0.838. The van der Waals surface area contributed by atoms with E-state index in [1.54, 1.807) is 16.7 Å². The molecule has 0 bridgehead atoms. The first-order valence-electron chi connectivity index (χ1n) is 8.91. The van der Waals surface area contributed by atoms with Crippen molar-refractivity contribution in [1.29, 1.82) is 0 Å². The van der Waals surface area contributed by atoms with Crippen LogP contribution in [0.1, 0.15) is 19.0 Å². The van der Waals surface area contributed by atoms with Crippen LogP contribution in [0.15, 0.2) is 36.5 Å². The number of piperidine rings is 1. The van der Waals surface area contributed by atoms with Gasteiger partial charge in [0.25, 0.3) is 0 Å². The highest BCUT2D eigenvalue weighted by atomic mass is 16.5. The Morgan fingerprint density at radius 2 is 2.00 bits per heavy atom. The number of aromatic nitrogens is 2. The largest absolute Gasteiger partial charge is 0.497 e. The molecule has 2 amide bonds. The molecule has 8 nitrogen and oxygen atoms in total. The molecule has 1 aliphatic rings. The second-order valence-electron chi connectivity index (χ2n) is 6.89. The molecule has 0 radical (unpaired) electrons. The number of likely N-dealkylation sites (tertiary alicyclic amines) is 1. The summed E-state index contributed by atoms with van der Waals surface area (Å²) >= 11 is 0. The van der Waals surface area contributed by atoms with Gasteiger partial charge < -0.3 is 20.1 Å². The average Bonchev–Trinajstić information content (AvgIpc) is 3.14. The topological polar surface area (TPSA) is 96.7 Å². The minimum Gasteiger partial charge on any atom is -0.497 e. The Bertz CT molecular complexity index is 802. The van der Waals surface area contributed by atoms with Gasteiger partial charge in [-0.2, -0.15) is 5.10 Å². The lowest BCUT2D eigenvalue weighted by molar-refractivity contribution is -0.143. The average molecular weight is 372 g/mol. The molecule has 2 N–H and O–H groups in total. The van der Waals surface area contributed by atoms with Crippen LogP contribution >= 0.6 is 0 Å². The zero-order valence-electron chi connectivity index (χ0n) is 15.5. The number of amides is 2. The third-order valence-electron chi connectivity index (χ3n) is 4.70. The van der Waals surface area contributed by atoms with Crippen LogP contribution in [-0.2, 0) is 11.3 Å². The van der Waals surface area contributed by atoms with Gasteiger partial charge in [-0.1, -0.05) is 6.92 Å². The number of hydrogen-bond acceptors (Lipinski definition) is 4. The van der Waals surface area contributed by atoms with E-state index in [2.05, 4.69) is 10.4 Å². The number of carbonyl (C=O) groups is 2. The SMILES string of the molecule is COc1ccc(-n2ccc(CNC(=O)N3CC(C)CC(C(=O)O)C3)n2)cc1. The van der Waals surface area contributed by atoms with Crippen LogP contribution in [0.25, 0.3) is 5.69 Å². The molecule has 27 heavy (non-hydrogen) atoms. The molecule has 2 atom stereocenters. The van der Waals surface area contributed by atoms with Crippen molar-refractivity contribution in [2.75, 3.05) is 20.2 Å². The van der Waals surface area contributed by atoms with E-state index in [-0.39, 0.29) is 25.0 Å². The molecule has 2 heterocycles. The number of ether oxygens (including phenoxy) is 1. The summed E-state index contributed by atoms with van der Waals surface area (Å²) in [5.41, 5.74) is 1.61. The summed E-state index contributed by atoms with van der Waals surface area (Å²) in [4.78, 5) is 25.2. The second-order valence-corrected chi connectivity index (χ2v) is 6.89. The highest BCUT2D eigenvalue weighted by molar-refractivity contribution is 5.76. The van der Waals surface area contributed by atoms with Gasteiger partial charge in [0.15, 0.2) is 0 Å². The van der Waals surface area contributed by atoms with Crippen LogP contribution in [0.2, 0.25) is 0 Å². The Balaban J connectivity index is 1.57. The number of hydrogen-bond donors (Lipinski definition) is 2. The fourth-order valence-corrected chi connectivity index (χ4v) is 3.31. The number of carbonyl (C=O) groups excluding carboxylic acids is 1. The Hall–Kier alpha value is -3.03. The number of carboxylic acids is 1. The van der Waals surface area contributed by atoms with Gasteiger partial charge in [-0.15, -0.1) is 0 Å². The first-order valence-corrected chi connectivity index (χ1v) is 8.91. The Kier molecular flexibility index (Phi) is 5.63. The summed E-state index contributed by atoms with van der Waals surface area (Å²) in [5, 5.41) is 16.5. The van der Waals surface area contributed by atoms with Crippen molar-refractivity contribution in [3.63, 3.8) is 0 Å².